The van der Waals surface area contributed by atoms with Crippen LogP contribution in [0.1, 0.15) is 6.92 Å². The summed E-state index contributed by atoms with van der Waals surface area (Å²) in [6, 6.07) is 12.8. The van der Waals surface area contributed by atoms with Crippen LogP contribution in [0.25, 0.3) is 11.4 Å². The summed E-state index contributed by atoms with van der Waals surface area (Å²) < 4.78 is 1.68. The highest BCUT2D eigenvalue weighted by Gasteiger charge is 2.11. The van der Waals surface area contributed by atoms with E-state index in [1.165, 1.54) is 18.7 Å². The van der Waals surface area contributed by atoms with Crippen molar-refractivity contribution in [3.05, 3.63) is 51.4 Å². The molecule has 7 nitrogen and oxygen atoms in total. The molecular weight excluding hydrogens is 510 g/mol. The largest absolute Gasteiger partial charge is 0.326 e. The molecule has 3 N–H and O–H groups in total. The number of amides is 2. The van der Waals surface area contributed by atoms with Crippen LogP contribution >= 0.6 is 43.6 Å². The molecule has 10 heteroatoms. The van der Waals surface area contributed by atoms with Crippen molar-refractivity contribution < 1.29 is 9.59 Å². The first-order valence-electron chi connectivity index (χ1n) is 8.09. The molecule has 144 valence electrons. The van der Waals surface area contributed by atoms with Crippen LogP contribution in [-0.2, 0) is 9.59 Å². The van der Waals surface area contributed by atoms with Gasteiger partial charge in [0.1, 0.15) is 0 Å². The number of H-pyrrole nitrogens is 1. The van der Waals surface area contributed by atoms with Gasteiger partial charge in [-0.25, -0.2) is 4.98 Å². The van der Waals surface area contributed by atoms with Crippen LogP contribution in [0.15, 0.2) is 56.6 Å². The Hall–Kier alpha value is -2.17. The van der Waals surface area contributed by atoms with E-state index in [2.05, 4.69) is 57.7 Å². The van der Waals surface area contributed by atoms with Gasteiger partial charge in [0, 0.05) is 27.1 Å². The average Bonchev–Trinajstić information content (AvgIpc) is 3.12. The monoisotopic (exact) mass is 523 g/mol. The zero-order chi connectivity index (χ0) is 20.1. The SMILES string of the molecule is CC(=O)Nc1ccc(-c2nc(SCC(=O)Nc3cc(Br)ccc3Br)n[nH]2)cc1. The molecule has 0 unspecified atom stereocenters. The van der Waals surface area contributed by atoms with E-state index in [1.54, 1.807) is 12.1 Å². The van der Waals surface area contributed by atoms with E-state index in [0.29, 0.717) is 22.4 Å². The van der Waals surface area contributed by atoms with Gasteiger partial charge in [0.25, 0.3) is 0 Å². The number of hydrogen-bond donors (Lipinski definition) is 3. The van der Waals surface area contributed by atoms with Gasteiger partial charge in [-0.2, -0.15) is 0 Å². The first kappa shape index (κ1) is 20.6. The van der Waals surface area contributed by atoms with Crippen molar-refractivity contribution in [3.8, 4) is 11.4 Å². The number of nitrogens with one attached hydrogen (secondary N) is 3. The summed E-state index contributed by atoms with van der Waals surface area (Å²) in [5.41, 5.74) is 2.23. The highest BCUT2D eigenvalue weighted by Crippen LogP contribution is 2.27. The van der Waals surface area contributed by atoms with Gasteiger partial charge in [-0.05, 0) is 58.4 Å². The van der Waals surface area contributed by atoms with Crippen LogP contribution in [0.3, 0.4) is 0 Å². The number of carbonyl (C=O) groups excluding carboxylic acids is 2. The Kier molecular flexibility index (Phi) is 6.87. The maximum atomic E-state index is 12.2. The molecule has 3 rings (SSSR count). The maximum Gasteiger partial charge on any atom is 0.234 e. The standard InChI is InChI=1S/C18H15Br2N5O2S/c1-10(26)21-13-5-2-11(3-6-13)17-23-18(25-24-17)28-9-16(27)22-15-8-12(19)4-7-14(15)20/h2-8H,9H2,1H3,(H,21,26)(H,22,27)(H,23,24,25). The van der Waals surface area contributed by atoms with Crippen molar-refractivity contribution >= 4 is 66.8 Å². The summed E-state index contributed by atoms with van der Waals surface area (Å²) in [7, 11) is 0. The van der Waals surface area contributed by atoms with E-state index in [0.717, 1.165) is 14.5 Å². The number of nitrogens with zero attached hydrogens (tertiary/aromatic N) is 2. The average molecular weight is 525 g/mol. The number of anilines is 2. The number of thioether (sulfide) groups is 1. The van der Waals surface area contributed by atoms with Gasteiger partial charge in [-0.3, -0.25) is 14.7 Å². The second kappa shape index (κ2) is 9.35. The molecule has 0 fully saturated rings. The summed E-state index contributed by atoms with van der Waals surface area (Å²) in [5.74, 6) is 0.485. The Labute approximate surface area is 182 Å². The molecule has 0 spiro atoms. The fraction of sp³-hybridized carbons (Fsp3) is 0.111. The van der Waals surface area contributed by atoms with Crippen molar-refractivity contribution in [1.82, 2.24) is 15.2 Å². The minimum absolute atomic E-state index is 0.126. The fourth-order valence-electron chi connectivity index (χ4n) is 2.26. The van der Waals surface area contributed by atoms with E-state index in [1.807, 2.05) is 30.3 Å². The molecule has 0 aliphatic carbocycles. The molecule has 28 heavy (non-hydrogen) atoms. The molecular formula is C18H15Br2N5O2S. The first-order chi connectivity index (χ1) is 13.4. The van der Waals surface area contributed by atoms with Crippen molar-refractivity contribution in [1.29, 1.82) is 0 Å². The van der Waals surface area contributed by atoms with Gasteiger partial charge in [0.15, 0.2) is 5.82 Å². The van der Waals surface area contributed by atoms with Crippen molar-refractivity contribution in [3.63, 3.8) is 0 Å². The number of aromatic amines is 1. The summed E-state index contributed by atoms with van der Waals surface area (Å²) in [6.45, 7) is 1.46. The molecule has 0 aliphatic rings. The highest BCUT2D eigenvalue weighted by molar-refractivity contribution is 9.11. The normalized spacial score (nSPS) is 10.5. The maximum absolute atomic E-state index is 12.2. The second-order valence-corrected chi connectivity index (χ2v) is 8.40. The number of aromatic nitrogens is 3. The smallest absolute Gasteiger partial charge is 0.234 e. The number of rotatable bonds is 6. The van der Waals surface area contributed by atoms with Gasteiger partial charge in [0.2, 0.25) is 17.0 Å². The Morgan fingerprint density at radius 3 is 2.57 bits per heavy atom. The van der Waals surface area contributed by atoms with Gasteiger partial charge in [-0.1, -0.05) is 27.7 Å². The molecule has 1 heterocycles. The molecule has 1 aromatic heterocycles. The van der Waals surface area contributed by atoms with Crippen molar-refractivity contribution in [2.75, 3.05) is 16.4 Å². The van der Waals surface area contributed by atoms with E-state index < -0.39 is 0 Å². The minimum atomic E-state index is -0.158. The fourth-order valence-corrected chi connectivity index (χ4v) is 3.57. The van der Waals surface area contributed by atoms with Crippen LogP contribution in [-0.4, -0.2) is 32.7 Å². The lowest BCUT2D eigenvalue weighted by Crippen LogP contribution is -2.14. The van der Waals surface area contributed by atoms with Crippen molar-refractivity contribution in [2.45, 2.75) is 12.1 Å². The molecule has 0 saturated carbocycles. The highest BCUT2D eigenvalue weighted by atomic mass is 79.9. The predicted molar refractivity (Wildman–Crippen MR) is 117 cm³/mol. The van der Waals surface area contributed by atoms with Crippen LogP contribution < -0.4 is 10.6 Å². The van der Waals surface area contributed by atoms with Crippen LogP contribution in [0.4, 0.5) is 11.4 Å². The zero-order valence-electron chi connectivity index (χ0n) is 14.6. The molecule has 3 aromatic rings. The molecule has 0 aliphatic heterocycles. The topological polar surface area (TPSA) is 99.8 Å². The van der Waals surface area contributed by atoms with Crippen molar-refractivity contribution in [2.24, 2.45) is 0 Å². The Morgan fingerprint density at radius 1 is 1.11 bits per heavy atom. The Bertz CT molecular complexity index is 1010. The van der Waals surface area contributed by atoms with E-state index in [4.69, 9.17) is 0 Å². The second-order valence-electron chi connectivity index (χ2n) is 5.69. The number of benzene rings is 2. The quantitative estimate of drug-likeness (QED) is 0.406. The molecule has 0 saturated heterocycles. The summed E-state index contributed by atoms with van der Waals surface area (Å²) in [4.78, 5) is 27.6. The van der Waals surface area contributed by atoms with Gasteiger partial charge >= 0.3 is 0 Å². The van der Waals surface area contributed by atoms with E-state index >= 15 is 0 Å². The number of carbonyl (C=O) groups is 2. The molecule has 2 aromatic carbocycles. The lowest BCUT2D eigenvalue weighted by atomic mass is 10.2. The van der Waals surface area contributed by atoms with E-state index in [9.17, 15) is 9.59 Å². The minimum Gasteiger partial charge on any atom is -0.326 e. The Balaban J connectivity index is 1.58. The Morgan fingerprint density at radius 2 is 1.86 bits per heavy atom. The lowest BCUT2D eigenvalue weighted by molar-refractivity contribution is -0.114. The van der Waals surface area contributed by atoms with E-state index in [-0.39, 0.29) is 17.6 Å². The van der Waals surface area contributed by atoms with Crippen LogP contribution in [0.2, 0.25) is 0 Å². The summed E-state index contributed by atoms with van der Waals surface area (Å²) in [6.07, 6.45) is 0. The van der Waals surface area contributed by atoms with Gasteiger partial charge < -0.3 is 10.6 Å². The third-order valence-corrected chi connectivity index (χ3v) is 5.51. The first-order valence-corrected chi connectivity index (χ1v) is 10.7. The number of halogens is 2. The molecule has 0 atom stereocenters. The summed E-state index contributed by atoms with van der Waals surface area (Å²) in [5, 5.41) is 13.0. The molecule has 0 radical (unpaired) electrons. The summed E-state index contributed by atoms with van der Waals surface area (Å²) >= 11 is 8.02. The van der Waals surface area contributed by atoms with Gasteiger partial charge in [0.05, 0.1) is 11.4 Å². The number of hydrogen-bond acceptors (Lipinski definition) is 5. The zero-order valence-corrected chi connectivity index (χ0v) is 18.6. The molecule has 0 bridgehead atoms. The predicted octanol–water partition coefficient (Wildman–Crippen LogP) is 4.69. The third-order valence-electron chi connectivity index (χ3n) is 3.48. The lowest BCUT2D eigenvalue weighted by Gasteiger charge is -2.07. The third kappa shape index (κ3) is 5.66. The van der Waals surface area contributed by atoms with Gasteiger partial charge in [-0.15, -0.1) is 5.10 Å². The van der Waals surface area contributed by atoms with Crippen LogP contribution in [0, 0.1) is 0 Å². The van der Waals surface area contributed by atoms with Crippen LogP contribution in [0.5, 0.6) is 0 Å². The molecule has 2 amide bonds.